The van der Waals surface area contributed by atoms with Gasteiger partial charge in [0, 0.05) is 24.3 Å². The highest BCUT2D eigenvalue weighted by Gasteiger charge is 2.47. The maximum absolute atomic E-state index is 12.9. The van der Waals surface area contributed by atoms with Crippen LogP contribution in [-0.4, -0.2) is 36.6 Å². The van der Waals surface area contributed by atoms with Crippen molar-refractivity contribution in [2.75, 3.05) is 25.5 Å². The van der Waals surface area contributed by atoms with Gasteiger partial charge in [0.1, 0.15) is 0 Å². The lowest BCUT2D eigenvalue weighted by molar-refractivity contribution is -0.169. The minimum atomic E-state index is -1.01. The Bertz CT molecular complexity index is 722. The molecule has 0 radical (unpaired) electrons. The molecular formula is C19H21ClN2O2. The summed E-state index contributed by atoms with van der Waals surface area (Å²) in [6.45, 7) is 2.95. The lowest BCUT2D eigenvalue weighted by Crippen LogP contribution is -2.58. The summed E-state index contributed by atoms with van der Waals surface area (Å²) in [5.41, 5.74) is 0.832. The highest BCUT2D eigenvalue weighted by Crippen LogP contribution is 2.36. The van der Waals surface area contributed by atoms with Crippen LogP contribution in [0, 0.1) is 0 Å². The molecule has 0 spiro atoms. The van der Waals surface area contributed by atoms with Gasteiger partial charge in [-0.2, -0.15) is 0 Å². The number of anilines is 1. The molecule has 3 rings (SSSR count). The molecule has 4 nitrogen and oxygen atoms in total. The number of ether oxygens (including phenoxy) is 1. The third-order valence-corrected chi connectivity index (χ3v) is 4.65. The molecule has 126 valence electrons. The molecule has 0 saturated carbocycles. The second-order valence-corrected chi connectivity index (χ2v) is 6.62. The summed E-state index contributed by atoms with van der Waals surface area (Å²) in [5, 5.41) is 4.08. The van der Waals surface area contributed by atoms with Crippen molar-refractivity contribution in [1.82, 2.24) is 4.90 Å². The molecule has 1 aliphatic heterocycles. The lowest BCUT2D eigenvalue weighted by atomic mass is 9.87. The van der Waals surface area contributed by atoms with Gasteiger partial charge in [0.2, 0.25) is 0 Å². The summed E-state index contributed by atoms with van der Waals surface area (Å²) in [6.07, 6.45) is 0. The predicted molar refractivity (Wildman–Crippen MR) is 96.3 cm³/mol. The van der Waals surface area contributed by atoms with E-state index in [0.29, 0.717) is 18.2 Å². The van der Waals surface area contributed by atoms with Crippen LogP contribution in [0.25, 0.3) is 0 Å². The second kappa shape index (κ2) is 6.83. The summed E-state index contributed by atoms with van der Waals surface area (Å²) in [6, 6.07) is 17.0. The van der Waals surface area contributed by atoms with Crippen LogP contribution < -0.4 is 5.32 Å². The molecule has 1 heterocycles. The van der Waals surface area contributed by atoms with E-state index >= 15 is 0 Å². The first kappa shape index (κ1) is 16.8. The van der Waals surface area contributed by atoms with Crippen molar-refractivity contribution in [3.8, 4) is 0 Å². The number of carbonyl (C=O) groups is 1. The summed E-state index contributed by atoms with van der Waals surface area (Å²) in [5.74, 6) is -0.0397. The van der Waals surface area contributed by atoms with Crippen LogP contribution in [0.2, 0.25) is 5.02 Å². The van der Waals surface area contributed by atoms with Crippen LogP contribution in [0.5, 0.6) is 0 Å². The van der Waals surface area contributed by atoms with Gasteiger partial charge in [-0.05, 0) is 36.8 Å². The van der Waals surface area contributed by atoms with Gasteiger partial charge in [-0.25, -0.2) is 0 Å². The Balaban J connectivity index is 2.02. The Labute approximate surface area is 147 Å². The first-order chi connectivity index (χ1) is 11.5. The van der Waals surface area contributed by atoms with Gasteiger partial charge >= 0.3 is 0 Å². The van der Waals surface area contributed by atoms with E-state index in [9.17, 15) is 4.79 Å². The number of amides is 1. The number of halogens is 1. The summed E-state index contributed by atoms with van der Waals surface area (Å²) in [7, 11) is 1.81. The monoisotopic (exact) mass is 344 g/mol. The molecule has 0 aromatic heterocycles. The van der Waals surface area contributed by atoms with Gasteiger partial charge in [0.05, 0.1) is 12.6 Å². The molecule has 5 heteroatoms. The Hall–Kier alpha value is -2.04. The van der Waals surface area contributed by atoms with E-state index in [-0.39, 0.29) is 11.9 Å². The fraction of sp³-hybridized carbons (Fsp3) is 0.316. The molecule has 1 saturated heterocycles. The average molecular weight is 345 g/mol. The number of hydrogen-bond acceptors (Lipinski definition) is 3. The molecular weight excluding hydrogens is 324 g/mol. The van der Waals surface area contributed by atoms with E-state index in [4.69, 9.17) is 16.3 Å². The molecule has 2 atom stereocenters. The van der Waals surface area contributed by atoms with E-state index in [1.54, 1.807) is 11.9 Å². The number of para-hydroxylation sites is 1. The van der Waals surface area contributed by atoms with E-state index in [2.05, 4.69) is 5.32 Å². The van der Waals surface area contributed by atoms with Crippen molar-refractivity contribution in [3.05, 3.63) is 65.2 Å². The highest BCUT2D eigenvalue weighted by molar-refractivity contribution is 6.30. The smallest absolute Gasteiger partial charge is 0.256 e. The number of morpholine rings is 1. The number of rotatable bonds is 4. The quantitative estimate of drug-likeness (QED) is 0.918. The predicted octanol–water partition coefficient (Wildman–Crippen LogP) is 3.74. The van der Waals surface area contributed by atoms with Crippen LogP contribution in [-0.2, 0) is 9.53 Å². The molecule has 24 heavy (non-hydrogen) atoms. The maximum Gasteiger partial charge on any atom is 0.256 e. The summed E-state index contributed by atoms with van der Waals surface area (Å²) in [4.78, 5) is 14.6. The Morgan fingerprint density at radius 3 is 2.67 bits per heavy atom. The fourth-order valence-electron chi connectivity index (χ4n) is 3.07. The molecule has 2 aromatic carbocycles. The SMILES string of the molecule is CN1CCO[C@](C)([C@H](Nc2ccccc2)c2cccc(Cl)c2)C1=O. The number of nitrogens with one attached hydrogen (secondary N) is 1. The van der Waals surface area contributed by atoms with E-state index in [1.165, 1.54) is 0 Å². The molecule has 1 N–H and O–H groups in total. The Morgan fingerprint density at radius 1 is 1.21 bits per heavy atom. The van der Waals surface area contributed by atoms with Crippen molar-refractivity contribution in [1.29, 1.82) is 0 Å². The van der Waals surface area contributed by atoms with Gasteiger partial charge in [0.25, 0.3) is 5.91 Å². The van der Waals surface area contributed by atoms with E-state index in [1.807, 2.05) is 61.5 Å². The Morgan fingerprint density at radius 2 is 1.96 bits per heavy atom. The zero-order valence-electron chi connectivity index (χ0n) is 13.8. The van der Waals surface area contributed by atoms with Crippen molar-refractivity contribution < 1.29 is 9.53 Å². The van der Waals surface area contributed by atoms with Gasteiger partial charge in [0.15, 0.2) is 5.60 Å². The van der Waals surface area contributed by atoms with Gasteiger partial charge < -0.3 is 15.0 Å². The molecule has 0 unspecified atom stereocenters. The molecule has 2 aromatic rings. The van der Waals surface area contributed by atoms with Crippen LogP contribution in [0.1, 0.15) is 18.5 Å². The number of carbonyl (C=O) groups excluding carboxylic acids is 1. The number of nitrogens with zero attached hydrogens (tertiary/aromatic N) is 1. The first-order valence-electron chi connectivity index (χ1n) is 7.97. The van der Waals surface area contributed by atoms with E-state index in [0.717, 1.165) is 11.3 Å². The average Bonchev–Trinajstić information content (AvgIpc) is 2.58. The van der Waals surface area contributed by atoms with Crippen LogP contribution in [0.3, 0.4) is 0 Å². The third kappa shape index (κ3) is 3.25. The normalized spacial score (nSPS) is 22.3. The maximum atomic E-state index is 12.9. The molecule has 1 fully saturated rings. The lowest BCUT2D eigenvalue weighted by Gasteiger charge is -2.43. The fourth-order valence-corrected chi connectivity index (χ4v) is 3.27. The molecule has 1 amide bonds. The molecule has 1 aliphatic rings. The van der Waals surface area contributed by atoms with Crippen molar-refractivity contribution in [2.45, 2.75) is 18.6 Å². The van der Waals surface area contributed by atoms with E-state index < -0.39 is 5.60 Å². The molecule has 0 bridgehead atoms. The minimum Gasteiger partial charge on any atom is -0.375 e. The Kier molecular flexibility index (Phi) is 4.78. The van der Waals surface area contributed by atoms with Crippen LogP contribution in [0.15, 0.2) is 54.6 Å². The standard InChI is InChI=1S/C19H21ClN2O2/c1-19(18(23)22(2)11-12-24-19)17(14-7-6-8-15(20)13-14)21-16-9-4-3-5-10-16/h3-10,13,17,21H,11-12H2,1-2H3/t17-,19-/m1/s1. The number of hydrogen-bond donors (Lipinski definition) is 1. The largest absolute Gasteiger partial charge is 0.375 e. The van der Waals surface area contributed by atoms with Crippen molar-refractivity contribution in [2.24, 2.45) is 0 Å². The highest BCUT2D eigenvalue weighted by atomic mass is 35.5. The number of benzene rings is 2. The van der Waals surface area contributed by atoms with Gasteiger partial charge in [-0.1, -0.05) is 41.9 Å². The van der Waals surface area contributed by atoms with Crippen LogP contribution in [0.4, 0.5) is 5.69 Å². The van der Waals surface area contributed by atoms with Gasteiger partial charge in [-0.3, -0.25) is 4.79 Å². The van der Waals surface area contributed by atoms with Gasteiger partial charge in [-0.15, -0.1) is 0 Å². The minimum absolute atomic E-state index is 0.0397. The second-order valence-electron chi connectivity index (χ2n) is 6.18. The third-order valence-electron chi connectivity index (χ3n) is 4.42. The zero-order chi connectivity index (χ0) is 17.2. The van der Waals surface area contributed by atoms with Crippen molar-refractivity contribution in [3.63, 3.8) is 0 Å². The summed E-state index contributed by atoms with van der Waals surface area (Å²) < 4.78 is 5.98. The number of likely N-dealkylation sites (N-methyl/N-ethyl adjacent to an activating group) is 1. The topological polar surface area (TPSA) is 41.6 Å². The summed E-state index contributed by atoms with van der Waals surface area (Å²) >= 11 is 6.18. The first-order valence-corrected chi connectivity index (χ1v) is 8.35. The zero-order valence-corrected chi connectivity index (χ0v) is 14.6. The van der Waals surface area contributed by atoms with Crippen molar-refractivity contribution >= 4 is 23.2 Å². The molecule has 0 aliphatic carbocycles. The van der Waals surface area contributed by atoms with Crippen LogP contribution >= 0.6 is 11.6 Å².